The van der Waals surface area contributed by atoms with E-state index in [1.165, 1.54) is 28.5 Å². The van der Waals surface area contributed by atoms with Crippen molar-refractivity contribution in [2.75, 3.05) is 11.5 Å². The topological polar surface area (TPSA) is 145 Å². The van der Waals surface area contributed by atoms with Gasteiger partial charge in [0.2, 0.25) is 5.91 Å². The standard InChI is InChI=1S/C8H15N3O5S2/c1-4(12)11-16-8(15)6(10)3-18-17-2-5(9)7(13)14/h5-6H,2-3,9-10H2,1H3,(H,11,12)(H,13,14). The van der Waals surface area contributed by atoms with Gasteiger partial charge >= 0.3 is 11.9 Å². The van der Waals surface area contributed by atoms with Crippen LogP contribution in [0, 0.1) is 0 Å². The Bertz CT molecular complexity index is 315. The van der Waals surface area contributed by atoms with Crippen LogP contribution < -0.4 is 16.9 Å². The molecule has 0 fully saturated rings. The van der Waals surface area contributed by atoms with E-state index in [-0.39, 0.29) is 11.5 Å². The Morgan fingerprint density at radius 3 is 2.17 bits per heavy atom. The molecule has 18 heavy (non-hydrogen) atoms. The Kier molecular flexibility index (Phi) is 8.54. The maximum atomic E-state index is 11.2. The van der Waals surface area contributed by atoms with Gasteiger partial charge in [-0.3, -0.25) is 9.59 Å². The van der Waals surface area contributed by atoms with Crippen LogP contribution in [0.2, 0.25) is 0 Å². The van der Waals surface area contributed by atoms with Gasteiger partial charge in [0.25, 0.3) is 0 Å². The summed E-state index contributed by atoms with van der Waals surface area (Å²) >= 11 is 0. The van der Waals surface area contributed by atoms with Gasteiger partial charge in [0.15, 0.2) is 0 Å². The second-order valence-electron chi connectivity index (χ2n) is 3.20. The molecular weight excluding hydrogens is 282 g/mol. The van der Waals surface area contributed by atoms with Crippen molar-refractivity contribution in [3.8, 4) is 0 Å². The molecule has 0 aromatic rings. The van der Waals surface area contributed by atoms with Crippen LogP contribution in [0.1, 0.15) is 6.92 Å². The Morgan fingerprint density at radius 1 is 1.22 bits per heavy atom. The Balaban J connectivity index is 3.69. The molecule has 0 aliphatic carbocycles. The highest BCUT2D eigenvalue weighted by molar-refractivity contribution is 8.76. The lowest BCUT2D eigenvalue weighted by Crippen LogP contribution is -2.38. The minimum absolute atomic E-state index is 0.202. The maximum Gasteiger partial charge on any atom is 0.349 e. The molecule has 0 spiro atoms. The molecule has 0 aliphatic heterocycles. The molecule has 2 unspecified atom stereocenters. The zero-order chi connectivity index (χ0) is 14.1. The summed E-state index contributed by atoms with van der Waals surface area (Å²) in [5.41, 5.74) is 12.6. The number of hydrogen-bond donors (Lipinski definition) is 4. The third kappa shape index (κ3) is 8.17. The van der Waals surface area contributed by atoms with Gasteiger partial charge in [-0.05, 0) is 0 Å². The predicted molar refractivity (Wildman–Crippen MR) is 68.4 cm³/mol. The quantitative estimate of drug-likeness (QED) is 0.256. The summed E-state index contributed by atoms with van der Waals surface area (Å²) in [7, 11) is 2.40. The van der Waals surface area contributed by atoms with Gasteiger partial charge in [0.05, 0.1) is 0 Å². The summed E-state index contributed by atoms with van der Waals surface area (Å²) in [4.78, 5) is 36.4. The van der Waals surface area contributed by atoms with E-state index in [0.29, 0.717) is 0 Å². The molecule has 0 aliphatic rings. The van der Waals surface area contributed by atoms with Gasteiger partial charge in [-0.2, -0.15) is 5.48 Å². The van der Waals surface area contributed by atoms with Crippen LogP contribution in [0.5, 0.6) is 0 Å². The molecule has 8 nitrogen and oxygen atoms in total. The summed E-state index contributed by atoms with van der Waals surface area (Å²) in [6.45, 7) is 1.19. The summed E-state index contributed by atoms with van der Waals surface area (Å²) in [5, 5.41) is 8.51. The van der Waals surface area contributed by atoms with Crippen LogP contribution in [0.3, 0.4) is 0 Å². The van der Waals surface area contributed by atoms with E-state index in [1.807, 2.05) is 5.48 Å². The number of amides is 1. The predicted octanol–water partition coefficient (Wildman–Crippen LogP) is -1.30. The summed E-state index contributed by atoms with van der Waals surface area (Å²) < 4.78 is 0. The number of carbonyl (C=O) groups is 3. The van der Waals surface area contributed by atoms with E-state index < -0.39 is 29.9 Å². The molecule has 0 radical (unpaired) electrons. The molecule has 0 saturated carbocycles. The molecule has 0 saturated heterocycles. The SMILES string of the molecule is CC(=O)NOC(=O)C(N)CSSCC(N)C(=O)O. The Hall–Kier alpha value is -0.970. The van der Waals surface area contributed by atoms with Crippen molar-refractivity contribution in [3.05, 3.63) is 0 Å². The fourth-order valence-electron chi connectivity index (χ4n) is 0.580. The van der Waals surface area contributed by atoms with Crippen LogP contribution in [-0.2, 0) is 19.2 Å². The molecule has 0 aromatic carbocycles. The zero-order valence-corrected chi connectivity index (χ0v) is 11.3. The largest absolute Gasteiger partial charge is 0.480 e. The maximum absolute atomic E-state index is 11.2. The summed E-state index contributed by atoms with van der Waals surface area (Å²) in [6.07, 6.45) is 0. The highest BCUT2D eigenvalue weighted by atomic mass is 33.1. The molecule has 6 N–H and O–H groups in total. The van der Waals surface area contributed by atoms with Crippen LogP contribution >= 0.6 is 21.6 Å². The fourth-order valence-corrected chi connectivity index (χ4v) is 2.80. The fraction of sp³-hybridized carbons (Fsp3) is 0.625. The Labute approximate surface area is 112 Å². The van der Waals surface area contributed by atoms with Crippen LogP contribution in [0.15, 0.2) is 0 Å². The number of carboxylic acids is 1. The van der Waals surface area contributed by atoms with Gasteiger partial charge in [-0.15, -0.1) is 0 Å². The number of rotatable bonds is 7. The average Bonchev–Trinajstić information content (AvgIpc) is 2.30. The summed E-state index contributed by atoms with van der Waals surface area (Å²) in [5.74, 6) is -1.94. The highest BCUT2D eigenvalue weighted by Gasteiger charge is 2.17. The van der Waals surface area contributed by atoms with E-state index in [0.717, 1.165) is 0 Å². The number of carboxylic acid groups (broad SMARTS) is 1. The van der Waals surface area contributed by atoms with Crippen molar-refractivity contribution in [2.45, 2.75) is 19.0 Å². The molecule has 104 valence electrons. The lowest BCUT2D eigenvalue weighted by atomic mass is 10.4. The van der Waals surface area contributed by atoms with E-state index in [4.69, 9.17) is 16.6 Å². The zero-order valence-electron chi connectivity index (χ0n) is 9.62. The number of hydroxylamine groups is 1. The molecule has 2 atom stereocenters. The third-order valence-electron chi connectivity index (χ3n) is 1.49. The van der Waals surface area contributed by atoms with E-state index >= 15 is 0 Å². The van der Waals surface area contributed by atoms with Crippen molar-refractivity contribution in [1.82, 2.24) is 5.48 Å². The smallest absolute Gasteiger partial charge is 0.349 e. The monoisotopic (exact) mass is 297 g/mol. The van der Waals surface area contributed by atoms with Crippen molar-refractivity contribution in [1.29, 1.82) is 0 Å². The van der Waals surface area contributed by atoms with Gasteiger partial charge in [-0.25, -0.2) is 4.79 Å². The van der Waals surface area contributed by atoms with Crippen molar-refractivity contribution in [3.63, 3.8) is 0 Å². The van der Waals surface area contributed by atoms with Crippen molar-refractivity contribution >= 4 is 39.4 Å². The second-order valence-corrected chi connectivity index (χ2v) is 5.75. The molecule has 0 bridgehead atoms. The van der Waals surface area contributed by atoms with E-state index in [1.54, 1.807) is 0 Å². The molecule has 0 aromatic heterocycles. The lowest BCUT2D eigenvalue weighted by Gasteiger charge is -2.10. The van der Waals surface area contributed by atoms with E-state index in [9.17, 15) is 14.4 Å². The lowest BCUT2D eigenvalue weighted by molar-refractivity contribution is -0.158. The number of hydrogen-bond acceptors (Lipinski definition) is 8. The van der Waals surface area contributed by atoms with Gasteiger partial charge in [0, 0.05) is 18.4 Å². The van der Waals surface area contributed by atoms with Crippen LogP contribution in [-0.4, -0.2) is 46.5 Å². The third-order valence-corrected chi connectivity index (χ3v) is 3.97. The van der Waals surface area contributed by atoms with Crippen molar-refractivity contribution < 1.29 is 24.3 Å². The molecule has 0 rings (SSSR count). The van der Waals surface area contributed by atoms with E-state index in [2.05, 4.69) is 4.84 Å². The minimum atomic E-state index is -1.09. The first-order chi connectivity index (χ1) is 8.34. The summed E-state index contributed by atoms with van der Waals surface area (Å²) in [6, 6.07) is -1.86. The molecule has 1 amide bonds. The second kappa shape index (κ2) is 9.03. The minimum Gasteiger partial charge on any atom is -0.480 e. The number of nitrogens with one attached hydrogen (secondary N) is 1. The van der Waals surface area contributed by atoms with Gasteiger partial charge in [-0.1, -0.05) is 21.6 Å². The van der Waals surface area contributed by atoms with Crippen LogP contribution in [0.25, 0.3) is 0 Å². The molecule has 0 heterocycles. The number of nitrogens with two attached hydrogens (primary N) is 2. The van der Waals surface area contributed by atoms with Gasteiger partial charge in [0.1, 0.15) is 12.1 Å². The first-order valence-corrected chi connectivity index (χ1v) is 7.29. The molecular formula is C8H15N3O5S2. The first kappa shape index (κ1) is 17.0. The highest BCUT2D eigenvalue weighted by Crippen LogP contribution is 2.22. The average molecular weight is 297 g/mol. The first-order valence-electron chi connectivity index (χ1n) is 4.80. The van der Waals surface area contributed by atoms with Crippen LogP contribution in [0.4, 0.5) is 0 Å². The molecule has 10 heteroatoms. The number of carbonyl (C=O) groups excluding carboxylic acids is 2. The van der Waals surface area contributed by atoms with Gasteiger partial charge < -0.3 is 21.4 Å². The number of aliphatic carboxylic acids is 1. The normalized spacial score (nSPS) is 13.5. The Morgan fingerprint density at radius 2 is 1.72 bits per heavy atom. The van der Waals surface area contributed by atoms with Crippen molar-refractivity contribution in [2.24, 2.45) is 11.5 Å².